The summed E-state index contributed by atoms with van der Waals surface area (Å²) in [5.74, 6) is -0.0212. The Morgan fingerprint density at radius 1 is 1.39 bits per heavy atom. The van der Waals surface area contributed by atoms with Gasteiger partial charge >= 0.3 is 0 Å². The minimum atomic E-state index is -3.31. The average molecular weight is 335 g/mol. The lowest BCUT2D eigenvalue weighted by molar-refractivity contribution is -0.116. The van der Waals surface area contributed by atoms with E-state index in [0.29, 0.717) is 5.69 Å². The van der Waals surface area contributed by atoms with Crippen molar-refractivity contribution in [3.63, 3.8) is 0 Å². The number of anilines is 1. The molecule has 0 radical (unpaired) electrons. The van der Waals surface area contributed by atoms with E-state index in [1.807, 2.05) is 13.8 Å². The average Bonchev–Trinajstić information content (AvgIpc) is 2.27. The first-order chi connectivity index (χ1) is 8.21. The van der Waals surface area contributed by atoms with Gasteiger partial charge in [0.2, 0.25) is 5.91 Å². The van der Waals surface area contributed by atoms with Crippen molar-refractivity contribution >= 4 is 37.4 Å². The van der Waals surface area contributed by atoms with Gasteiger partial charge in [-0.25, -0.2) is 13.4 Å². The highest BCUT2D eigenvalue weighted by atomic mass is 79.9. The smallest absolute Gasteiger partial charge is 0.238 e. The number of rotatable bonds is 4. The van der Waals surface area contributed by atoms with Gasteiger partial charge in [0.25, 0.3) is 0 Å². The Hall–Kier alpha value is -0.950. The Labute approximate surface area is 115 Å². The van der Waals surface area contributed by atoms with Crippen molar-refractivity contribution in [2.45, 2.75) is 23.7 Å². The Morgan fingerprint density at radius 2 is 2.00 bits per heavy atom. The monoisotopic (exact) mass is 334 g/mol. The summed E-state index contributed by atoms with van der Waals surface area (Å²) in [6.45, 7) is 3.84. The fourth-order valence-corrected chi connectivity index (χ4v) is 1.86. The molecule has 0 spiro atoms. The van der Waals surface area contributed by atoms with Gasteiger partial charge in [0.05, 0.1) is 16.7 Å². The van der Waals surface area contributed by atoms with Crippen molar-refractivity contribution in [2.75, 3.05) is 11.6 Å². The van der Waals surface area contributed by atoms with Crippen LogP contribution < -0.4 is 5.32 Å². The maximum absolute atomic E-state index is 11.7. The van der Waals surface area contributed by atoms with Crippen molar-refractivity contribution in [3.05, 3.63) is 18.3 Å². The molecule has 1 aromatic rings. The molecule has 0 aliphatic heterocycles. The summed E-state index contributed by atoms with van der Waals surface area (Å²) in [4.78, 5) is 15.2. The number of halogens is 1. The SMILES string of the molecule is CC(C)C(Br)C(=O)Nc1ccc(S(C)(=O)=O)nc1. The predicted molar refractivity (Wildman–Crippen MR) is 73.5 cm³/mol. The van der Waals surface area contributed by atoms with Crippen LogP contribution in [0.1, 0.15) is 13.8 Å². The zero-order chi connectivity index (χ0) is 13.9. The van der Waals surface area contributed by atoms with Crippen molar-refractivity contribution in [2.24, 2.45) is 5.92 Å². The number of nitrogens with zero attached hydrogens (tertiary/aromatic N) is 1. The molecule has 1 atom stereocenters. The van der Waals surface area contributed by atoms with Crippen molar-refractivity contribution < 1.29 is 13.2 Å². The van der Waals surface area contributed by atoms with Gasteiger partial charge in [0.15, 0.2) is 14.9 Å². The maximum atomic E-state index is 11.7. The molecular weight excluding hydrogens is 320 g/mol. The number of pyridine rings is 1. The molecular formula is C11H15BrN2O3S. The molecule has 18 heavy (non-hydrogen) atoms. The van der Waals surface area contributed by atoms with Gasteiger partial charge in [0, 0.05) is 6.26 Å². The lowest BCUT2D eigenvalue weighted by atomic mass is 10.1. The van der Waals surface area contributed by atoms with Crippen molar-refractivity contribution in [1.82, 2.24) is 4.98 Å². The fourth-order valence-electron chi connectivity index (χ4n) is 1.19. The van der Waals surface area contributed by atoms with Crippen LogP contribution in [-0.2, 0) is 14.6 Å². The quantitative estimate of drug-likeness (QED) is 0.852. The van der Waals surface area contributed by atoms with Crippen LogP contribution in [0.4, 0.5) is 5.69 Å². The molecule has 0 aliphatic rings. The van der Waals surface area contributed by atoms with Gasteiger partial charge in [-0.1, -0.05) is 29.8 Å². The second-order valence-electron chi connectivity index (χ2n) is 4.29. The van der Waals surface area contributed by atoms with Crippen molar-refractivity contribution in [1.29, 1.82) is 0 Å². The minimum absolute atomic E-state index is 0.0141. The molecule has 0 aromatic carbocycles. The van der Waals surface area contributed by atoms with Crippen LogP contribution in [-0.4, -0.2) is 30.4 Å². The zero-order valence-electron chi connectivity index (χ0n) is 10.3. The predicted octanol–water partition coefficient (Wildman–Crippen LogP) is 1.84. The first kappa shape index (κ1) is 15.1. The van der Waals surface area contributed by atoms with Gasteiger partial charge in [0.1, 0.15) is 0 Å². The van der Waals surface area contributed by atoms with Crippen LogP contribution in [0, 0.1) is 5.92 Å². The standard InChI is InChI=1S/C11H15BrN2O3S/c1-7(2)10(12)11(15)14-8-4-5-9(13-6-8)18(3,16)17/h4-7,10H,1-3H3,(H,14,15). The molecule has 5 nitrogen and oxygen atoms in total. The summed E-state index contributed by atoms with van der Waals surface area (Å²) in [5.41, 5.74) is 0.470. The van der Waals surface area contributed by atoms with Gasteiger partial charge in [-0.2, -0.15) is 0 Å². The number of amides is 1. The topological polar surface area (TPSA) is 76.1 Å². The maximum Gasteiger partial charge on any atom is 0.238 e. The third kappa shape index (κ3) is 4.06. The molecule has 1 N–H and O–H groups in total. The zero-order valence-corrected chi connectivity index (χ0v) is 12.7. The Morgan fingerprint density at radius 3 is 2.39 bits per heavy atom. The number of alkyl halides is 1. The molecule has 1 aromatic heterocycles. The van der Waals surface area contributed by atoms with Crippen molar-refractivity contribution in [3.8, 4) is 0 Å². The van der Waals surface area contributed by atoms with Crippen LogP contribution in [0.25, 0.3) is 0 Å². The van der Waals surface area contributed by atoms with E-state index < -0.39 is 9.84 Å². The Balaban J connectivity index is 2.79. The first-order valence-electron chi connectivity index (χ1n) is 5.33. The molecule has 0 saturated heterocycles. The van der Waals surface area contributed by atoms with E-state index in [-0.39, 0.29) is 21.7 Å². The minimum Gasteiger partial charge on any atom is -0.324 e. The summed E-state index contributed by atoms with van der Waals surface area (Å²) in [6.07, 6.45) is 2.41. The summed E-state index contributed by atoms with van der Waals surface area (Å²) < 4.78 is 22.4. The number of nitrogens with one attached hydrogen (secondary N) is 1. The van der Waals surface area contributed by atoms with Crippen LogP contribution in [0.2, 0.25) is 0 Å². The van der Waals surface area contributed by atoms with Gasteiger partial charge < -0.3 is 5.32 Å². The normalized spacial score (nSPS) is 13.4. The van der Waals surface area contributed by atoms with E-state index in [9.17, 15) is 13.2 Å². The second-order valence-corrected chi connectivity index (χ2v) is 7.24. The number of sulfone groups is 1. The van der Waals surface area contributed by atoms with Gasteiger partial charge in [-0.3, -0.25) is 4.79 Å². The Bertz CT molecular complexity index is 526. The fraction of sp³-hybridized carbons (Fsp3) is 0.455. The van der Waals surface area contributed by atoms with E-state index in [2.05, 4.69) is 26.2 Å². The largest absolute Gasteiger partial charge is 0.324 e. The Kier molecular flexibility index (Phi) is 4.86. The molecule has 100 valence electrons. The highest BCUT2D eigenvalue weighted by molar-refractivity contribution is 9.10. The number of aromatic nitrogens is 1. The summed E-state index contributed by atoms with van der Waals surface area (Å²) >= 11 is 3.28. The lowest BCUT2D eigenvalue weighted by Gasteiger charge is -2.13. The third-order valence-electron chi connectivity index (χ3n) is 2.22. The number of carbonyl (C=O) groups is 1. The molecule has 1 rings (SSSR count). The molecule has 0 aliphatic carbocycles. The highest BCUT2D eigenvalue weighted by Crippen LogP contribution is 2.16. The molecule has 1 heterocycles. The third-order valence-corrected chi connectivity index (χ3v) is 4.69. The van der Waals surface area contributed by atoms with Crippen LogP contribution in [0.3, 0.4) is 0 Å². The van der Waals surface area contributed by atoms with E-state index >= 15 is 0 Å². The number of carbonyl (C=O) groups excluding carboxylic acids is 1. The summed E-state index contributed by atoms with van der Waals surface area (Å²) in [7, 11) is -3.31. The molecule has 0 fully saturated rings. The number of hydrogen-bond donors (Lipinski definition) is 1. The van der Waals surface area contributed by atoms with E-state index in [0.717, 1.165) is 6.26 Å². The molecule has 1 amide bonds. The summed E-state index contributed by atoms with van der Waals surface area (Å²) in [5, 5.41) is 2.64. The molecule has 0 bridgehead atoms. The molecule has 1 unspecified atom stereocenters. The van der Waals surface area contributed by atoms with Crippen LogP contribution in [0.15, 0.2) is 23.4 Å². The summed E-state index contributed by atoms with van der Waals surface area (Å²) in [6, 6.07) is 2.88. The first-order valence-corrected chi connectivity index (χ1v) is 8.13. The molecule has 7 heteroatoms. The van der Waals surface area contributed by atoms with Crippen LogP contribution in [0.5, 0.6) is 0 Å². The number of hydrogen-bond acceptors (Lipinski definition) is 4. The highest BCUT2D eigenvalue weighted by Gasteiger charge is 2.18. The lowest BCUT2D eigenvalue weighted by Crippen LogP contribution is -2.27. The van der Waals surface area contributed by atoms with E-state index in [1.165, 1.54) is 18.3 Å². The van der Waals surface area contributed by atoms with Gasteiger partial charge in [-0.15, -0.1) is 0 Å². The van der Waals surface area contributed by atoms with Gasteiger partial charge in [-0.05, 0) is 18.1 Å². The molecule has 0 saturated carbocycles. The van der Waals surface area contributed by atoms with E-state index in [4.69, 9.17) is 0 Å². The second kappa shape index (κ2) is 5.79. The van der Waals surface area contributed by atoms with E-state index in [1.54, 1.807) is 0 Å². The van der Waals surface area contributed by atoms with Crippen LogP contribution >= 0.6 is 15.9 Å².